The van der Waals surface area contributed by atoms with Gasteiger partial charge in [0, 0.05) is 35.5 Å². The van der Waals surface area contributed by atoms with Crippen LogP contribution in [0.25, 0.3) is 0 Å². The zero-order valence-electron chi connectivity index (χ0n) is 45.1. The Balaban J connectivity index is 0.962. The molecule has 0 spiro atoms. The number of hydrogen-bond donors (Lipinski definition) is 6. The van der Waals surface area contributed by atoms with E-state index in [4.69, 9.17) is 20.9 Å². The average molecular weight is 1060 g/mol. The van der Waals surface area contributed by atoms with Crippen molar-refractivity contribution >= 4 is 59.0 Å². The molecule has 0 radical (unpaired) electrons. The van der Waals surface area contributed by atoms with Gasteiger partial charge in [-0.1, -0.05) is 127 Å². The summed E-state index contributed by atoms with van der Waals surface area (Å²) in [5.41, 5.74) is 13.1. The maximum Gasteiger partial charge on any atom is 0.246 e. The summed E-state index contributed by atoms with van der Waals surface area (Å²) in [5.74, 6) is -2.24. The largest absolute Gasteiger partial charge is 0.381 e. The third-order valence-corrected chi connectivity index (χ3v) is 19.0. The molecule has 6 rings (SSSR count). The lowest BCUT2D eigenvalue weighted by Crippen LogP contribution is -2.57. The lowest BCUT2D eigenvalue weighted by Gasteiger charge is -2.32. The molecule has 4 fully saturated rings. The number of rotatable bonds is 27. The van der Waals surface area contributed by atoms with Gasteiger partial charge in [-0.25, -0.2) is 0 Å². The molecule has 4 aliphatic rings. The lowest BCUT2D eigenvalue weighted by atomic mass is 9.84. The van der Waals surface area contributed by atoms with Crippen molar-refractivity contribution in [3.63, 3.8) is 0 Å². The standard InChI is InChI=1S/C56H86N8O8S2/c1-35(59-7)51(67)61-41-29-43(73-45-31-55(3,4)47(49(57)65)63(45)53(41)69)39(37-23-17-15-18-24-37)33-71-27-21-13-11-9-10-12-14-22-28-72-34-40(38-25-19-16-20-26-38)44-30-42(62-52(68)36(2)60-8)54(70)64-46(74-44)32-56(5,6)48(64)50(58)66/h15-20,23-26,35-36,39-48,59-60H,9-14,21-22,27-34H2,1-8H3,(H2,57,65)(H2,58,66)(H,61,67)(H,62,68)/t35-,36-,39+,40+,41?,42?,43?,44?,45?,46?,47?,48?/m0/s1. The van der Waals surface area contributed by atoms with E-state index in [0.717, 1.165) is 62.5 Å². The Morgan fingerprint density at radius 1 is 0.595 bits per heavy atom. The molecular weight excluding hydrogens is 977 g/mol. The van der Waals surface area contributed by atoms with Crippen LogP contribution in [-0.2, 0) is 38.2 Å². The van der Waals surface area contributed by atoms with Crippen LogP contribution in [0.2, 0.25) is 0 Å². The minimum atomic E-state index is -0.817. The first-order valence-corrected chi connectivity index (χ1v) is 28.9. The molecule has 0 aromatic heterocycles. The Morgan fingerprint density at radius 3 is 1.26 bits per heavy atom. The Kier molecular flexibility index (Phi) is 21.7. The minimum absolute atomic E-state index is 0.0533. The zero-order valence-corrected chi connectivity index (χ0v) is 46.8. The SMILES string of the molecule is CN[C@@H](C)C(=O)NC1CC([C@H](COCCCCCCCCCCOC[C@H](c2ccccc2)C2CC(NC(=O)[C@H](C)NC)C(=O)N3C(CC(C)(C)C3C(N)=O)S2)c2ccccc2)SC2CC(C)(C)C(C(N)=O)N2C1=O. The number of thioether (sulfide) groups is 2. The van der Waals surface area contributed by atoms with Crippen LogP contribution < -0.4 is 32.7 Å². The zero-order chi connectivity index (χ0) is 53.7. The van der Waals surface area contributed by atoms with Gasteiger partial charge in [0.25, 0.3) is 0 Å². The molecule has 18 heteroatoms. The predicted molar refractivity (Wildman–Crippen MR) is 294 cm³/mol. The highest BCUT2D eigenvalue weighted by Crippen LogP contribution is 2.52. The number of likely N-dealkylation sites (N-methyl/N-ethyl adjacent to an activating group) is 2. The first kappa shape index (κ1) is 59.1. The predicted octanol–water partition coefficient (Wildman–Crippen LogP) is 5.78. The van der Waals surface area contributed by atoms with Gasteiger partial charge in [-0.2, -0.15) is 0 Å². The van der Waals surface area contributed by atoms with E-state index in [-0.39, 0.29) is 56.7 Å². The van der Waals surface area contributed by atoms with E-state index in [2.05, 4.69) is 45.5 Å². The molecule has 4 saturated heterocycles. The van der Waals surface area contributed by atoms with Crippen molar-refractivity contribution in [2.24, 2.45) is 22.3 Å². The number of amides is 6. The number of fused-ring (bicyclic) bond motifs is 2. The van der Waals surface area contributed by atoms with Crippen molar-refractivity contribution in [1.29, 1.82) is 0 Å². The van der Waals surface area contributed by atoms with Gasteiger partial charge in [0.1, 0.15) is 24.2 Å². The van der Waals surface area contributed by atoms with Crippen molar-refractivity contribution < 1.29 is 38.2 Å². The van der Waals surface area contributed by atoms with Crippen LogP contribution in [0.15, 0.2) is 60.7 Å². The van der Waals surface area contributed by atoms with Crippen molar-refractivity contribution in [2.75, 3.05) is 40.5 Å². The van der Waals surface area contributed by atoms with Crippen molar-refractivity contribution in [2.45, 2.75) is 188 Å². The minimum Gasteiger partial charge on any atom is -0.381 e. The molecular formula is C56H86N8O8S2. The molecule has 6 amide bonds. The fourth-order valence-electron chi connectivity index (χ4n) is 11.5. The van der Waals surface area contributed by atoms with Gasteiger partial charge < -0.3 is 52.0 Å². The molecule has 0 saturated carbocycles. The summed E-state index contributed by atoms with van der Waals surface area (Å²) < 4.78 is 12.9. The van der Waals surface area contributed by atoms with Gasteiger partial charge in [0.15, 0.2) is 0 Å². The van der Waals surface area contributed by atoms with Crippen molar-refractivity contribution in [1.82, 2.24) is 31.1 Å². The van der Waals surface area contributed by atoms with E-state index in [1.165, 1.54) is 0 Å². The fourth-order valence-corrected chi connectivity index (χ4v) is 15.5. The smallest absolute Gasteiger partial charge is 0.246 e. The quantitative estimate of drug-likeness (QED) is 0.0586. The van der Waals surface area contributed by atoms with Gasteiger partial charge in [0.2, 0.25) is 35.4 Å². The molecule has 8 N–H and O–H groups in total. The summed E-state index contributed by atoms with van der Waals surface area (Å²) in [5, 5.41) is 11.3. The Bertz CT molecular complexity index is 2040. The van der Waals surface area contributed by atoms with Gasteiger partial charge in [-0.05, 0) is 88.4 Å². The lowest BCUT2D eigenvalue weighted by molar-refractivity contribution is -0.142. The highest BCUT2D eigenvalue weighted by molar-refractivity contribution is 8.00. The molecule has 74 heavy (non-hydrogen) atoms. The van der Waals surface area contributed by atoms with E-state index in [1.807, 2.05) is 64.1 Å². The number of ether oxygens (including phenoxy) is 2. The Hall–Kier alpha value is -4.20. The van der Waals surface area contributed by atoms with Crippen LogP contribution >= 0.6 is 23.5 Å². The second-order valence-corrected chi connectivity index (χ2v) is 25.2. The maximum absolute atomic E-state index is 14.3. The number of unbranched alkanes of at least 4 members (excludes halogenated alkanes) is 7. The first-order chi connectivity index (χ1) is 35.3. The summed E-state index contributed by atoms with van der Waals surface area (Å²) in [6, 6.07) is 16.3. The molecule has 4 heterocycles. The number of primary amides is 2. The molecule has 16 nitrogen and oxygen atoms in total. The Morgan fingerprint density at radius 2 is 0.932 bits per heavy atom. The molecule has 410 valence electrons. The van der Waals surface area contributed by atoms with E-state index >= 15 is 0 Å². The van der Waals surface area contributed by atoms with Gasteiger partial charge in [-0.3, -0.25) is 28.8 Å². The summed E-state index contributed by atoms with van der Waals surface area (Å²) in [6.07, 6.45) is 10.6. The molecule has 4 aliphatic heterocycles. The highest BCUT2D eigenvalue weighted by Gasteiger charge is 2.57. The van der Waals surface area contributed by atoms with E-state index in [0.29, 0.717) is 52.1 Å². The van der Waals surface area contributed by atoms with E-state index < -0.39 is 58.9 Å². The molecule has 0 bridgehead atoms. The normalized spacial score (nSPS) is 27.0. The van der Waals surface area contributed by atoms with Crippen molar-refractivity contribution in [3.8, 4) is 0 Å². The molecule has 2 aromatic carbocycles. The first-order valence-electron chi connectivity index (χ1n) is 27.0. The van der Waals surface area contributed by atoms with Gasteiger partial charge in [0.05, 0.1) is 36.0 Å². The third-order valence-electron chi connectivity index (χ3n) is 15.9. The van der Waals surface area contributed by atoms with Crippen LogP contribution in [0, 0.1) is 10.8 Å². The van der Waals surface area contributed by atoms with E-state index in [1.54, 1.807) is 61.3 Å². The summed E-state index contributed by atoms with van der Waals surface area (Å²) in [7, 11) is 3.41. The second kappa shape index (κ2) is 27.2. The summed E-state index contributed by atoms with van der Waals surface area (Å²) in [6.45, 7) is 13.6. The van der Waals surface area contributed by atoms with Crippen LogP contribution in [0.5, 0.6) is 0 Å². The Labute approximate surface area is 448 Å². The topological polar surface area (TPSA) is 228 Å². The number of carbonyl (C=O) groups excluding carboxylic acids is 6. The van der Waals surface area contributed by atoms with Crippen LogP contribution in [0.1, 0.15) is 142 Å². The highest BCUT2D eigenvalue weighted by atomic mass is 32.2. The number of carbonyl (C=O) groups is 6. The van der Waals surface area contributed by atoms with Gasteiger partial charge in [-0.15, -0.1) is 23.5 Å². The summed E-state index contributed by atoms with van der Waals surface area (Å²) in [4.78, 5) is 84.1. The molecule has 0 aliphatic carbocycles. The van der Waals surface area contributed by atoms with Crippen LogP contribution in [-0.4, -0.2) is 143 Å². The average Bonchev–Trinajstić information content (AvgIpc) is 3.71. The number of nitrogens with one attached hydrogen (secondary N) is 4. The van der Waals surface area contributed by atoms with Crippen LogP contribution in [0.3, 0.4) is 0 Å². The van der Waals surface area contributed by atoms with E-state index in [9.17, 15) is 28.8 Å². The number of hydrogen-bond acceptors (Lipinski definition) is 12. The van der Waals surface area contributed by atoms with Gasteiger partial charge >= 0.3 is 0 Å². The third kappa shape index (κ3) is 14.8. The number of benzene rings is 2. The number of nitrogens with two attached hydrogens (primary N) is 2. The van der Waals surface area contributed by atoms with Crippen LogP contribution in [0.4, 0.5) is 0 Å². The maximum atomic E-state index is 14.3. The van der Waals surface area contributed by atoms with Crippen molar-refractivity contribution in [3.05, 3.63) is 71.8 Å². The molecule has 2 aromatic rings. The number of nitrogens with zero attached hydrogens (tertiary/aromatic N) is 2. The summed E-state index contributed by atoms with van der Waals surface area (Å²) >= 11 is 3.40. The molecule has 12 atom stereocenters. The molecule has 8 unspecified atom stereocenters. The fraction of sp³-hybridized carbons (Fsp3) is 0.679. The second-order valence-electron chi connectivity index (χ2n) is 22.4. The monoisotopic (exact) mass is 1060 g/mol.